The lowest BCUT2D eigenvalue weighted by molar-refractivity contribution is 0.0737. The standard InChI is InChI=1S/C22H16N2O4/c23-24-21(26)19-9-10-20(18-4-2-1-3-17(18)19)28-22(27)15-6-5-14-12-16(25)8-7-13(14)11-15/h1-12,25H,23H2,(H,24,26). The van der Waals surface area contributed by atoms with Crippen molar-refractivity contribution in [2.75, 3.05) is 0 Å². The highest BCUT2D eigenvalue weighted by Crippen LogP contribution is 2.29. The quantitative estimate of drug-likeness (QED) is 0.168. The second-order valence-electron chi connectivity index (χ2n) is 6.27. The maximum Gasteiger partial charge on any atom is 0.343 e. The molecule has 1 amide bonds. The summed E-state index contributed by atoms with van der Waals surface area (Å²) in [7, 11) is 0. The molecule has 138 valence electrons. The van der Waals surface area contributed by atoms with Crippen LogP contribution >= 0.6 is 0 Å². The van der Waals surface area contributed by atoms with Gasteiger partial charge in [0.15, 0.2) is 0 Å². The molecular formula is C22H16N2O4. The molecule has 0 saturated carbocycles. The number of fused-ring (bicyclic) bond motifs is 2. The summed E-state index contributed by atoms with van der Waals surface area (Å²) in [5.74, 6) is 4.81. The number of ether oxygens (including phenoxy) is 1. The van der Waals surface area contributed by atoms with Gasteiger partial charge in [-0.3, -0.25) is 10.2 Å². The molecule has 4 N–H and O–H groups in total. The lowest BCUT2D eigenvalue weighted by Crippen LogP contribution is -2.30. The van der Waals surface area contributed by atoms with Gasteiger partial charge in [0, 0.05) is 10.9 Å². The highest BCUT2D eigenvalue weighted by Gasteiger charge is 2.15. The Hall–Kier alpha value is -3.90. The molecule has 0 unspecified atom stereocenters. The number of hydrogen-bond acceptors (Lipinski definition) is 5. The number of carbonyl (C=O) groups excluding carboxylic acids is 2. The van der Waals surface area contributed by atoms with Gasteiger partial charge in [0.25, 0.3) is 5.91 Å². The molecule has 0 aliphatic rings. The molecule has 0 aliphatic carbocycles. The minimum absolute atomic E-state index is 0.163. The van der Waals surface area contributed by atoms with Crippen molar-refractivity contribution in [2.24, 2.45) is 5.84 Å². The molecule has 4 rings (SSSR count). The summed E-state index contributed by atoms with van der Waals surface area (Å²) in [6.07, 6.45) is 0. The maximum absolute atomic E-state index is 12.7. The number of nitrogen functional groups attached to an aromatic ring is 1. The van der Waals surface area contributed by atoms with Crippen molar-refractivity contribution >= 4 is 33.4 Å². The van der Waals surface area contributed by atoms with Crippen LogP contribution in [-0.4, -0.2) is 17.0 Å². The Bertz CT molecular complexity index is 1230. The number of carbonyl (C=O) groups is 2. The molecule has 0 atom stereocenters. The number of aromatic hydroxyl groups is 1. The molecule has 0 aromatic heterocycles. The lowest BCUT2D eigenvalue weighted by atomic mass is 10.0. The molecule has 4 aromatic carbocycles. The summed E-state index contributed by atoms with van der Waals surface area (Å²) >= 11 is 0. The first kappa shape index (κ1) is 17.5. The van der Waals surface area contributed by atoms with Gasteiger partial charge >= 0.3 is 5.97 Å². The van der Waals surface area contributed by atoms with Crippen molar-refractivity contribution < 1.29 is 19.4 Å². The van der Waals surface area contributed by atoms with Gasteiger partial charge in [-0.2, -0.15) is 0 Å². The molecule has 0 aliphatic heterocycles. The van der Waals surface area contributed by atoms with E-state index in [-0.39, 0.29) is 5.75 Å². The Labute approximate surface area is 160 Å². The second kappa shape index (κ2) is 7.02. The molecule has 6 heteroatoms. The van der Waals surface area contributed by atoms with Crippen molar-refractivity contribution in [1.82, 2.24) is 5.43 Å². The van der Waals surface area contributed by atoms with Gasteiger partial charge in [-0.05, 0) is 52.6 Å². The smallest absolute Gasteiger partial charge is 0.343 e. The zero-order valence-corrected chi connectivity index (χ0v) is 14.7. The minimum Gasteiger partial charge on any atom is -0.508 e. The van der Waals surface area contributed by atoms with Crippen LogP contribution in [0.1, 0.15) is 20.7 Å². The van der Waals surface area contributed by atoms with Crippen molar-refractivity contribution in [2.45, 2.75) is 0 Å². The average molecular weight is 372 g/mol. The maximum atomic E-state index is 12.7. The average Bonchev–Trinajstić information content (AvgIpc) is 2.73. The van der Waals surface area contributed by atoms with Crippen LogP contribution in [-0.2, 0) is 0 Å². The third-order valence-electron chi connectivity index (χ3n) is 4.52. The molecule has 0 fully saturated rings. The third kappa shape index (κ3) is 3.13. The van der Waals surface area contributed by atoms with E-state index >= 15 is 0 Å². The minimum atomic E-state index is -0.517. The largest absolute Gasteiger partial charge is 0.508 e. The number of nitrogens with two attached hydrogens (primary N) is 1. The van der Waals surface area contributed by atoms with E-state index in [0.29, 0.717) is 27.6 Å². The molecule has 6 nitrogen and oxygen atoms in total. The van der Waals surface area contributed by atoms with E-state index in [9.17, 15) is 14.7 Å². The number of hydrogen-bond donors (Lipinski definition) is 3. The summed E-state index contributed by atoms with van der Waals surface area (Å²) in [5, 5.41) is 12.4. The molecule has 0 radical (unpaired) electrons. The second-order valence-corrected chi connectivity index (χ2v) is 6.27. The first-order valence-electron chi connectivity index (χ1n) is 8.54. The Balaban J connectivity index is 1.71. The zero-order chi connectivity index (χ0) is 19.7. The molecule has 28 heavy (non-hydrogen) atoms. The Morgan fingerprint density at radius 3 is 2.36 bits per heavy atom. The SMILES string of the molecule is NNC(=O)c1ccc(OC(=O)c2ccc3cc(O)ccc3c2)c2ccccc12. The number of nitrogens with one attached hydrogen (secondary N) is 1. The van der Waals surface area contributed by atoms with Crippen molar-refractivity contribution in [3.63, 3.8) is 0 Å². The van der Waals surface area contributed by atoms with Gasteiger partial charge < -0.3 is 9.84 Å². The van der Waals surface area contributed by atoms with Crippen LogP contribution in [0.5, 0.6) is 11.5 Å². The summed E-state index contributed by atoms with van der Waals surface area (Å²) in [6.45, 7) is 0. The molecular weight excluding hydrogens is 356 g/mol. The fraction of sp³-hybridized carbons (Fsp3) is 0. The molecule has 0 saturated heterocycles. The predicted molar refractivity (Wildman–Crippen MR) is 106 cm³/mol. The van der Waals surface area contributed by atoms with Crippen LogP contribution in [0.4, 0.5) is 0 Å². The van der Waals surface area contributed by atoms with E-state index < -0.39 is 11.9 Å². The number of amides is 1. The van der Waals surface area contributed by atoms with E-state index in [4.69, 9.17) is 10.6 Å². The third-order valence-corrected chi connectivity index (χ3v) is 4.52. The van der Waals surface area contributed by atoms with Crippen LogP contribution in [0.25, 0.3) is 21.5 Å². The first-order valence-corrected chi connectivity index (χ1v) is 8.54. The van der Waals surface area contributed by atoms with Crippen LogP contribution in [0.3, 0.4) is 0 Å². The van der Waals surface area contributed by atoms with Crippen LogP contribution in [0.15, 0.2) is 72.8 Å². The van der Waals surface area contributed by atoms with E-state index in [1.807, 2.05) is 0 Å². The predicted octanol–water partition coefficient (Wildman–Crippen LogP) is 3.52. The number of phenolic OH excluding ortho intramolecular Hbond substituents is 1. The topological polar surface area (TPSA) is 102 Å². The van der Waals surface area contributed by atoms with Crippen LogP contribution in [0, 0.1) is 0 Å². The number of benzene rings is 4. The van der Waals surface area contributed by atoms with Gasteiger partial charge in [-0.15, -0.1) is 0 Å². The Morgan fingerprint density at radius 1 is 0.857 bits per heavy atom. The summed E-state index contributed by atoms with van der Waals surface area (Å²) < 4.78 is 5.60. The number of rotatable bonds is 3. The molecule has 0 spiro atoms. The van der Waals surface area contributed by atoms with Crippen LogP contribution in [0.2, 0.25) is 0 Å². The fourth-order valence-electron chi connectivity index (χ4n) is 3.16. The van der Waals surface area contributed by atoms with Gasteiger partial charge in [-0.1, -0.05) is 36.4 Å². The van der Waals surface area contributed by atoms with Crippen molar-refractivity contribution in [1.29, 1.82) is 0 Å². The number of phenols is 1. The first-order chi connectivity index (χ1) is 13.6. The highest BCUT2D eigenvalue weighted by molar-refractivity contribution is 6.09. The highest BCUT2D eigenvalue weighted by atomic mass is 16.5. The van der Waals surface area contributed by atoms with Crippen molar-refractivity contribution in [3.8, 4) is 11.5 Å². The fourth-order valence-corrected chi connectivity index (χ4v) is 3.16. The molecule has 0 bridgehead atoms. The number of esters is 1. The van der Waals surface area contributed by atoms with Gasteiger partial charge in [0.1, 0.15) is 11.5 Å². The van der Waals surface area contributed by atoms with E-state index in [0.717, 1.165) is 10.8 Å². The van der Waals surface area contributed by atoms with E-state index in [1.54, 1.807) is 72.8 Å². The zero-order valence-electron chi connectivity index (χ0n) is 14.7. The Morgan fingerprint density at radius 2 is 1.57 bits per heavy atom. The van der Waals surface area contributed by atoms with E-state index in [2.05, 4.69) is 5.43 Å². The van der Waals surface area contributed by atoms with Gasteiger partial charge in [0.05, 0.1) is 5.56 Å². The summed E-state index contributed by atoms with van der Waals surface area (Å²) in [6, 6.07) is 20.3. The molecule has 0 heterocycles. The summed E-state index contributed by atoms with van der Waals surface area (Å²) in [4.78, 5) is 24.6. The summed E-state index contributed by atoms with van der Waals surface area (Å²) in [5.41, 5.74) is 2.89. The molecule has 4 aromatic rings. The van der Waals surface area contributed by atoms with Crippen LogP contribution < -0.4 is 16.0 Å². The van der Waals surface area contributed by atoms with Gasteiger partial charge in [-0.25, -0.2) is 10.6 Å². The monoisotopic (exact) mass is 372 g/mol. The van der Waals surface area contributed by atoms with E-state index in [1.165, 1.54) is 0 Å². The van der Waals surface area contributed by atoms with Crippen molar-refractivity contribution in [3.05, 3.63) is 83.9 Å². The normalized spacial score (nSPS) is 10.8. The lowest BCUT2D eigenvalue weighted by Gasteiger charge is -2.11. The van der Waals surface area contributed by atoms with Gasteiger partial charge in [0.2, 0.25) is 0 Å². The Kier molecular flexibility index (Phi) is 4.39. The number of hydrazine groups is 1.